The van der Waals surface area contributed by atoms with E-state index in [4.69, 9.17) is 0 Å². The Bertz CT molecular complexity index is 2940. The van der Waals surface area contributed by atoms with Gasteiger partial charge in [0.2, 0.25) is 0 Å². The molecule has 7 aromatic carbocycles. The van der Waals surface area contributed by atoms with E-state index >= 15 is 0 Å². The van der Waals surface area contributed by atoms with Gasteiger partial charge in [0.05, 0.1) is 11.5 Å². The van der Waals surface area contributed by atoms with Crippen LogP contribution in [0.3, 0.4) is 0 Å². The molecule has 1 heterocycles. The summed E-state index contributed by atoms with van der Waals surface area (Å²) in [6, 6.07) is 66.9. The normalized spacial score (nSPS) is 20.0. The summed E-state index contributed by atoms with van der Waals surface area (Å²) in [7, 11) is 0. The van der Waals surface area contributed by atoms with E-state index in [0.29, 0.717) is 18.0 Å². The molecule has 0 amide bonds. The summed E-state index contributed by atoms with van der Waals surface area (Å²) in [5.41, 5.74) is 18.8. The second-order valence-electron chi connectivity index (χ2n) is 17.7. The zero-order valence-corrected chi connectivity index (χ0v) is 35.5. The van der Waals surface area contributed by atoms with Crippen LogP contribution in [0, 0.1) is 0 Å². The van der Waals surface area contributed by atoms with Crippen molar-refractivity contribution >= 4 is 33.9 Å². The van der Waals surface area contributed by atoms with Gasteiger partial charge in [0.15, 0.2) is 0 Å². The first-order valence-electron chi connectivity index (χ1n) is 22.9. The van der Waals surface area contributed by atoms with Gasteiger partial charge in [-0.3, -0.25) is 0 Å². The molecule has 1 aliphatic heterocycles. The smallest absolute Gasteiger partial charge is 0.0714 e. The van der Waals surface area contributed by atoms with Gasteiger partial charge in [-0.2, -0.15) is 0 Å². The topological polar surface area (TPSA) is 6.48 Å². The minimum atomic E-state index is -0.478. The summed E-state index contributed by atoms with van der Waals surface area (Å²) in [5.74, 6) is 0.496. The van der Waals surface area contributed by atoms with Crippen LogP contribution in [0.4, 0.5) is 22.7 Å². The molecule has 0 fully saturated rings. The maximum Gasteiger partial charge on any atom is 0.0714 e. The third kappa shape index (κ3) is 6.22. The predicted octanol–water partition coefficient (Wildman–Crippen LogP) is 15.3. The van der Waals surface area contributed by atoms with Gasteiger partial charge in [0.25, 0.3) is 0 Å². The van der Waals surface area contributed by atoms with E-state index in [1.807, 2.05) is 0 Å². The Morgan fingerprint density at radius 2 is 1.22 bits per heavy atom. The van der Waals surface area contributed by atoms with Crippen LogP contribution in [-0.4, -0.2) is 12.1 Å². The van der Waals surface area contributed by atoms with Gasteiger partial charge in [0, 0.05) is 34.7 Å². The molecule has 0 saturated heterocycles. The second-order valence-corrected chi connectivity index (χ2v) is 17.7. The molecule has 12 rings (SSSR count). The molecule has 0 spiro atoms. The molecular formula is C61H50N2. The minimum absolute atomic E-state index is 0.361. The predicted molar refractivity (Wildman–Crippen MR) is 264 cm³/mol. The first kappa shape index (κ1) is 37.6. The highest BCUT2D eigenvalue weighted by atomic mass is 15.2. The maximum absolute atomic E-state index is 2.72. The summed E-state index contributed by atoms with van der Waals surface area (Å²) in [6.07, 6.45) is 24.4. The van der Waals surface area contributed by atoms with E-state index in [9.17, 15) is 0 Å². The molecule has 0 aromatic heterocycles. The average molecular weight is 811 g/mol. The molecule has 304 valence electrons. The fraction of sp³-hybridized carbons (Fsp3) is 0.148. The van der Waals surface area contributed by atoms with E-state index in [0.717, 1.165) is 42.7 Å². The molecule has 5 aliphatic rings. The van der Waals surface area contributed by atoms with Crippen molar-refractivity contribution in [1.82, 2.24) is 0 Å². The van der Waals surface area contributed by atoms with Crippen molar-refractivity contribution < 1.29 is 0 Å². The van der Waals surface area contributed by atoms with Crippen LogP contribution in [0.5, 0.6) is 0 Å². The lowest BCUT2D eigenvalue weighted by Crippen LogP contribution is -2.42. The van der Waals surface area contributed by atoms with Gasteiger partial charge in [0.1, 0.15) is 0 Å². The number of benzene rings is 7. The molecular weight excluding hydrogens is 761 g/mol. The summed E-state index contributed by atoms with van der Waals surface area (Å²) >= 11 is 0. The van der Waals surface area contributed by atoms with E-state index in [2.05, 4.69) is 234 Å². The van der Waals surface area contributed by atoms with Crippen molar-refractivity contribution in [2.75, 3.05) is 9.80 Å². The zero-order valence-electron chi connectivity index (χ0n) is 35.5. The summed E-state index contributed by atoms with van der Waals surface area (Å²) in [6.45, 7) is 0. The summed E-state index contributed by atoms with van der Waals surface area (Å²) < 4.78 is 0. The number of nitrogens with zero attached hydrogens (tertiary/aromatic N) is 2. The highest BCUT2D eigenvalue weighted by molar-refractivity contribution is 5.90. The molecule has 2 nitrogen and oxygen atoms in total. The van der Waals surface area contributed by atoms with Gasteiger partial charge in [-0.15, -0.1) is 0 Å². The second kappa shape index (κ2) is 15.6. The number of hydrogen-bond donors (Lipinski definition) is 0. The Morgan fingerprint density at radius 1 is 0.556 bits per heavy atom. The molecule has 3 unspecified atom stereocenters. The first-order chi connectivity index (χ1) is 31.3. The number of para-hydroxylation sites is 1. The molecule has 7 aromatic rings. The highest BCUT2D eigenvalue weighted by Crippen LogP contribution is 2.57. The molecule has 3 atom stereocenters. The molecule has 0 radical (unpaired) electrons. The summed E-state index contributed by atoms with van der Waals surface area (Å²) in [5, 5.41) is 0. The van der Waals surface area contributed by atoms with Gasteiger partial charge >= 0.3 is 0 Å². The number of fused-ring (bicyclic) bond motifs is 6. The number of allylic oxidation sites excluding steroid dienone is 7. The van der Waals surface area contributed by atoms with Crippen LogP contribution in [0.25, 0.3) is 22.3 Å². The quantitative estimate of drug-likeness (QED) is 0.141. The van der Waals surface area contributed by atoms with E-state index in [1.165, 1.54) is 73.3 Å². The van der Waals surface area contributed by atoms with Crippen molar-refractivity contribution in [1.29, 1.82) is 0 Å². The number of rotatable bonds is 8. The monoisotopic (exact) mass is 810 g/mol. The van der Waals surface area contributed by atoms with Crippen LogP contribution in [0.1, 0.15) is 77.0 Å². The van der Waals surface area contributed by atoms with Crippen LogP contribution < -0.4 is 9.80 Å². The van der Waals surface area contributed by atoms with Crippen molar-refractivity contribution in [3.63, 3.8) is 0 Å². The Labute approximate surface area is 372 Å². The van der Waals surface area contributed by atoms with Gasteiger partial charge in [-0.25, -0.2) is 0 Å². The third-order valence-corrected chi connectivity index (χ3v) is 14.4. The third-order valence-electron chi connectivity index (χ3n) is 14.4. The van der Waals surface area contributed by atoms with Crippen molar-refractivity contribution in [3.05, 3.63) is 263 Å². The van der Waals surface area contributed by atoms with Gasteiger partial charge < -0.3 is 9.80 Å². The van der Waals surface area contributed by atoms with Crippen molar-refractivity contribution in [2.45, 2.75) is 55.5 Å². The molecule has 2 heteroatoms. The standard InChI is InChI=1S/C61H50N2/c1-4-16-43(17-5-1)44-28-34-49(35-29-44)62(50-36-30-45(31-37-50)46-32-38-51(39-33-46)63-59-26-14-11-23-55(59)56-24-12-15-27-60(56)63)52-40-41-54-53-22-10-13-25-57(53)61(58(54)42-52,47-18-6-2-7-19-47)48-20-8-3-9-21-48/h1-4,6-14,16,18-26,28-38,40-42,51,56,60H,5,15,17,27,39H2. The van der Waals surface area contributed by atoms with E-state index < -0.39 is 5.41 Å². The molecule has 0 N–H and O–H groups in total. The fourth-order valence-corrected chi connectivity index (χ4v) is 11.6. The van der Waals surface area contributed by atoms with Gasteiger partial charge in [-0.05, 0) is 136 Å². The van der Waals surface area contributed by atoms with Crippen molar-refractivity contribution in [2.24, 2.45) is 0 Å². The number of anilines is 4. The maximum atomic E-state index is 2.72. The highest BCUT2D eigenvalue weighted by Gasteiger charge is 2.46. The molecule has 63 heavy (non-hydrogen) atoms. The minimum Gasteiger partial charge on any atom is -0.361 e. The fourth-order valence-electron chi connectivity index (χ4n) is 11.6. The number of hydrogen-bond acceptors (Lipinski definition) is 2. The molecule has 0 saturated carbocycles. The molecule has 0 bridgehead atoms. The first-order valence-corrected chi connectivity index (χ1v) is 22.9. The lowest BCUT2D eigenvalue weighted by Gasteiger charge is -2.37. The largest absolute Gasteiger partial charge is 0.361 e. The Balaban J connectivity index is 0.934. The van der Waals surface area contributed by atoms with Crippen molar-refractivity contribution in [3.8, 4) is 11.1 Å². The Kier molecular flexibility index (Phi) is 9.33. The average Bonchev–Trinajstić information content (AvgIpc) is 3.86. The van der Waals surface area contributed by atoms with Crippen LogP contribution in [0.15, 0.2) is 225 Å². The summed E-state index contributed by atoms with van der Waals surface area (Å²) in [4.78, 5) is 5.17. The van der Waals surface area contributed by atoms with E-state index in [-0.39, 0.29) is 0 Å². The van der Waals surface area contributed by atoms with Crippen LogP contribution in [-0.2, 0) is 5.41 Å². The van der Waals surface area contributed by atoms with Crippen LogP contribution >= 0.6 is 0 Å². The van der Waals surface area contributed by atoms with Crippen LogP contribution in [0.2, 0.25) is 0 Å². The molecule has 4 aliphatic carbocycles. The lowest BCUT2D eigenvalue weighted by atomic mass is 9.67. The zero-order chi connectivity index (χ0) is 41.7. The van der Waals surface area contributed by atoms with E-state index in [1.54, 1.807) is 0 Å². The van der Waals surface area contributed by atoms with Gasteiger partial charge in [-0.1, -0.05) is 182 Å². The Morgan fingerprint density at radius 3 is 1.94 bits per heavy atom. The Hall–Kier alpha value is -7.16. The lowest BCUT2D eigenvalue weighted by molar-refractivity contribution is 0.500. The SMILES string of the molecule is C1=CCCC(c2ccc(N(c3ccc(C4=CCC(N5c6ccccc6C6C=CCCC65)C=C4)cc3)c3ccc4c(c3)C(c3ccccc3)(c3ccccc3)c3ccccc3-4)cc2)=C1.